The lowest BCUT2D eigenvalue weighted by molar-refractivity contribution is -0.384. The standard InChI is InChI=1S/C24H17NO7/c1-30-24(27)17-7-5-15(6-8-17)14-31-19-9-10-20-21(13-19)32-22(23(20)26)12-16-3-2-4-18(11-16)25(28)29/h2-13H,14H2,1H3/b22-12-. The fourth-order valence-corrected chi connectivity index (χ4v) is 3.16. The summed E-state index contributed by atoms with van der Waals surface area (Å²) >= 11 is 0. The number of Topliss-reactive ketones (excluding diaryl/α,β-unsaturated/α-hetero) is 1. The number of non-ortho nitro benzene ring substituents is 1. The number of hydrogen-bond donors (Lipinski definition) is 0. The highest BCUT2D eigenvalue weighted by atomic mass is 16.6. The number of rotatable bonds is 6. The average Bonchev–Trinajstić information content (AvgIpc) is 3.12. The minimum atomic E-state index is -0.499. The predicted octanol–water partition coefficient (Wildman–Crippen LogP) is 4.58. The van der Waals surface area contributed by atoms with E-state index in [0.717, 1.165) is 5.56 Å². The van der Waals surface area contributed by atoms with E-state index in [-0.39, 0.29) is 23.8 Å². The van der Waals surface area contributed by atoms with E-state index in [4.69, 9.17) is 9.47 Å². The number of carbonyl (C=O) groups excluding carboxylic acids is 2. The fourth-order valence-electron chi connectivity index (χ4n) is 3.16. The summed E-state index contributed by atoms with van der Waals surface area (Å²) in [6, 6.07) is 17.7. The Morgan fingerprint density at radius 2 is 1.88 bits per heavy atom. The maximum absolute atomic E-state index is 12.6. The molecule has 1 aliphatic rings. The Labute approximate surface area is 182 Å². The van der Waals surface area contributed by atoms with E-state index in [0.29, 0.717) is 28.2 Å². The summed E-state index contributed by atoms with van der Waals surface area (Å²) in [7, 11) is 1.32. The Morgan fingerprint density at radius 3 is 2.59 bits per heavy atom. The molecule has 0 fully saturated rings. The van der Waals surface area contributed by atoms with Crippen LogP contribution in [0.25, 0.3) is 6.08 Å². The first-order valence-corrected chi connectivity index (χ1v) is 9.57. The molecule has 0 radical (unpaired) electrons. The van der Waals surface area contributed by atoms with Crippen LogP contribution in [0.1, 0.15) is 31.8 Å². The van der Waals surface area contributed by atoms with Crippen LogP contribution in [0.4, 0.5) is 5.69 Å². The molecule has 0 aliphatic carbocycles. The second-order valence-electron chi connectivity index (χ2n) is 6.93. The van der Waals surface area contributed by atoms with Crippen LogP contribution in [0.5, 0.6) is 11.5 Å². The van der Waals surface area contributed by atoms with Crippen LogP contribution in [-0.4, -0.2) is 23.8 Å². The van der Waals surface area contributed by atoms with E-state index in [9.17, 15) is 19.7 Å². The molecule has 0 atom stereocenters. The number of fused-ring (bicyclic) bond motifs is 1. The number of nitro benzene ring substituents is 1. The zero-order chi connectivity index (χ0) is 22.7. The highest BCUT2D eigenvalue weighted by Gasteiger charge is 2.28. The monoisotopic (exact) mass is 431 g/mol. The molecule has 0 bridgehead atoms. The largest absolute Gasteiger partial charge is 0.489 e. The topological polar surface area (TPSA) is 105 Å². The van der Waals surface area contributed by atoms with E-state index in [1.807, 2.05) is 0 Å². The van der Waals surface area contributed by atoms with Gasteiger partial charge in [-0.15, -0.1) is 0 Å². The van der Waals surface area contributed by atoms with Gasteiger partial charge in [-0.25, -0.2) is 4.79 Å². The highest BCUT2D eigenvalue weighted by molar-refractivity contribution is 6.14. The molecule has 1 aliphatic heterocycles. The number of ketones is 1. The molecular formula is C24H17NO7. The molecule has 3 aromatic carbocycles. The van der Waals surface area contributed by atoms with Gasteiger partial charge in [-0.2, -0.15) is 0 Å². The molecule has 32 heavy (non-hydrogen) atoms. The van der Waals surface area contributed by atoms with Gasteiger partial charge >= 0.3 is 5.97 Å². The molecule has 0 saturated heterocycles. The second-order valence-corrected chi connectivity index (χ2v) is 6.93. The fraction of sp³-hybridized carbons (Fsp3) is 0.0833. The SMILES string of the molecule is COC(=O)c1ccc(COc2ccc3c(c2)O/C(=C\c2cccc([N+](=O)[O-])c2)C3=O)cc1. The van der Waals surface area contributed by atoms with Gasteiger partial charge in [0.1, 0.15) is 18.1 Å². The normalized spacial score (nSPS) is 13.4. The van der Waals surface area contributed by atoms with E-state index in [1.54, 1.807) is 54.6 Å². The Kier molecular flexibility index (Phi) is 5.67. The van der Waals surface area contributed by atoms with Crippen molar-refractivity contribution in [3.63, 3.8) is 0 Å². The number of carbonyl (C=O) groups is 2. The van der Waals surface area contributed by atoms with Gasteiger partial charge in [0.05, 0.1) is 23.2 Å². The summed E-state index contributed by atoms with van der Waals surface area (Å²) in [6.45, 7) is 0.255. The van der Waals surface area contributed by atoms with Crippen LogP contribution in [0.2, 0.25) is 0 Å². The van der Waals surface area contributed by atoms with Crippen LogP contribution < -0.4 is 9.47 Å². The average molecular weight is 431 g/mol. The van der Waals surface area contributed by atoms with Crippen molar-refractivity contribution in [2.45, 2.75) is 6.61 Å². The summed E-state index contributed by atoms with van der Waals surface area (Å²) in [5, 5.41) is 10.9. The molecule has 160 valence electrons. The summed E-state index contributed by atoms with van der Waals surface area (Å²) in [5.41, 5.74) is 2.10. The smallest absolute Gasteiger partial charge is 0.337 e. The molecule has 3 aromatic rings. The molecule has 0 spiro atoms. The molecule has 0 amide bonds. The molecule has 1 heterocycles. The van der Waals surface area contributed by atoms with Gasteiger partial charge in [-0.05, 0) is 41.5 Å². The number of esters is 1. The van der Waals surface area contributed by atoms with Crippen molar-refractivity contribution in [2.75, 3.05) is 7.11 Å². The Balaban J connectivity index is 1.46. The molecule has 0 saturated carbocycles. The maximum Gasteiger partial charge on any atom is 0.337 e. The van der Waals surface area contributed by atoms with E-state index in [2.05, 4.69) is 4.74 Å². The minimum absolute atomic E-state index is 0.0717. The van der Waals surface area contributed by atoms with Gasteiger partial charge in [0, 0.05) is 18.2 Å². The third-order valence-corrected chi connectivity index (χ3v) is 4.80. The van der Waals surface area contributed by atoms with Gasteiger partial charge in [-0.3, -0.25) is 14.9 Å². The van der Waals surface area contributed by atoms with Gasteiger partial charge < -0.3 is 14.2 Å². The zero-order valence-electron chi connectivity index (χ0n) is 16.9. The van der Waals surface area contributed by atoms with E-state index >= 15 is 0 Å². The van der Waals surface area contributed by atoms with Gasteiger partial charge in [0.15, 0.2) is 5.76 Å². The molecule has 4 rings (SSSR count). The first-order chi connectivity index (χ1) is 15.4. The Morgan fingerprint density at radius 1 is 1.09 bits per heavy atom. The summed E-state index contributed by atoms with van der Waals surface area (Å²) < 4.78 is 16.1. The minimum Gasteiger partial charge on any atom is -0.489 e. The second kappa shape index (κ2) is 8.73. The van der Waals surface area contributed by atoms with Crippen molar-refractivity contribution >= 4 is 23.5 Å². The summed E-state index contributed by atoms with van der Waals surface area (Å²) in [5.74, 6) is 0.217. The Hall–Kier alpha value is -4.46. The lowest BCUT2D eigenvalue weighted by Gasteiger charge is -2.08. The van der Waals surface area contributed by atoms with Crippen molar-refractivity contribution < 1.29 is 28.7 Å². The lowest BCUT2D eigenvalue weighted by atomic mass is 10.1. The van der Waals surface area contributed by atoms with Crippen LogP contribution in [-0.2, 0) is 11.3 Å². The number of hydrogen-bond acceptors (Lipinski definition) is 7. The van der Waals surface area contributed by atoms with E-state index < -0.39 is 10.9 Å². The molecule has 8 nitrogen and oxygen atoms in total. The van der Waals surface area contributed by atoms with E-state index in [1.165, 1.54) is 25.3 Å². The molecular weight excluding hydrogens is 414 g/mol. The number of methoxy groups -OCH3 is 1. The molecule has 0 N–H and O–H groups in total. The zero-order valence-corrected chi connectivity index (χ0v) is 16.9. The van der Waals surface area contributed by atoms with Crippen LogP contribution in [0.3, 0.4) is 0 Å². The summed E-state index contributed by atoms with van der Waals surface area (Å²) in [6.07, 6.45) is 1.47. The molecule has 0 aromatic heterocycles. The van der Waals surface area contributed by atoms with Crippen molar-refractivity contribution in [1.29, 1.82) is 0 Å². The quantitative estimate of drug-likeness (QED) is 0.243. The van der Waals surface area contributed by atoms with Crippen molar-refractivity contribution in [3.05, 3.63) is 105 Å². The number of ether oxygens (including phenoxy) is 3. The summed E-state index contributed by atoms with van der Waals surface area (Å²) in [4.78, 5) is 34.6. The van der Waals surface area contributed by atoms with Crippen molar-refractivity contribution in [3.8, 4) is 11.5 Å². The number of allylic oxidation sites excluding steroid dienone is 1. The maximum atomic E-state index is 12.6. The Bertz CT molecular complexity index is 1250. The third kappa shape index (κ3) is 4.34. The van der Waals surface area contributed by atoms with Crippen LogP contribution in [0, 0.1) is 10.1 Å². The van der Waals surface area contributed by atoms with Gasteiger partial charge in [0.2, 0.25) is 5.78 Å². The van der Waals surface area contributed by atoms with Gasteiger partial charge in [-0.1, -0.05) is 24.3 Å². The van der Waals surface area contributed by atoms with Crippen molar-refractivity contribution in [1.82, 2.24) is 0 Å². The van der Waals surface area contributed by atoms with Crippen molar-refractivity contribution in [2.24, 2.45) is 0 Å². The number of benzene rings is 3. The third-order valence-electron chi connectivity index (χ3n) is 4.80. The van der Waals surface area contributed by atoms with Crippen LogP contribution >= 0.6 is 0 Å². The first kappa shape index (κ1) is 20.8. The number of nitrogens with zero attached hydrogens (tertiary/aromatic N) is 1. The predicted molar refractivity (Wildman–Crippen MR) is 115 cm³/mol. The lowest BCUT2D eigenvalue weighted by Crippen LogP contribution is -2.02. The van der Waals surface area contributed by atoms with Gasteiger partial charge in [0.25, 0.3) is 5.69 Å². The first-order valence-electron chi connectivity index (χ1n) is 9.57. The van der Waals surface area contributed by atoms with Crippen LogP contribution in [0.15, 0.2) is 72.5 Å². The number of nitro groups is 1. The molecule has 8 heteroatoms. The molecule has 0 unspecified atom stereocenters. The highest BCUT2D eigenvalue weighted by Crippen LogP contribution is 2.35.